The van der Waals surface area contributed by atoms with Crippen LogP contribution in [0.25, 0.3) is 0 Å². The normalized spacial score (nSPS) is 22.6. The van der Waals surface area contributed by atoms with E-state index in [0.29, 0.717) is 32.0 Å². The molecule has 3 rings (SSSR count). The van der Waals surface area contributed by atoms with Gasteiger partial charge < -0.3 is 9.64 Å². The van der Waals surface area contributed by atoms with Crippen LogP contribution in [0.15, 0.2) is 24.3 Å². The highest BCUT2D eigenvalue weighted by Crippen LogP contribution is 2.29. The van der Waals surface area contributed by atoms with Crippen LogP contribution in [-0.2, 0) is 9.53 Å². The molecule has 0 bridgehead atoms. The number of hydrogen-bond donors (Lipinski definition) is 0. The van der Waals surface area contributed by atoms with Gasteiger partial charge in [-0.15, -0.1) is 11.6 Å². The van der Waals surface area contributed by atoms with Gasteiger partial charge in [-0.2, -0.15) is 0 Å². The second-order valence-electron chi connectivity index (χ2n) is 5.01. The molecule has 2 fully saturated rings. The summed E-state index contributed by atoms with van der Waals surface area (Å²) in [7, 11) is 0. The standard InChI is InChI=1S/C14H15ClN2O3/c15-8-10-6-13(18)17(9-10)12-3-1-2-11(7-12)16-4-5-20-14(16)19/h1-3,7,10H,4-6,8-9H2. The summed E-state index contributed by atoms with van der Waals surface area (Å²) >= 11 is 5.83. The van der Waals surface area contributed by atoms with Crippen molar-refractivity contribution >= 4 is 35.0 Å². The van der Waals surface area contributed by atoms with Crippen LogP contribution in [0.4, 0.5) is 16.2 Å². The van der Waals surface area contributed by atoms with Gasteiger partial charge in [-0.3, -0.25) is 9.69 Å². The van der Waals surface area contributed by atoms with Crippen molar-refractivity contribution in [2.24, 2.45) is 5.92 Å². The summed E-state index contributed by atoms with van der Waals surface area (Å²) in [6.07, 6.45) is 0.146. The fourth-order valence-electron chi connectivity index (χ4n) is 2.59. The maximum Gasteiger partial charge on any atom is 0.414 e. The van der Waals surface area contributed by atoms with Gasteiger partial charge in [0.25, 0.3) is 0 Å². The third-order valence-corrected chi connectivity index (χ3v) is 4.07. The van der Waals surface area contributed by atoms with Gasteiger partial charge in [0.2, 0.25) is 5.91 Å². The van der Waals surface area contributed by atoms with E-state index < -0.39 is 0 Å². The molecule has 0 aromatic heterocycles. The van der Waals surface area contributed by atoms with E-state index in [9.17, 15) is 9.59 Å². The Kier molecular flexibility index (Phi) is 3.53. The highest BCUT2D eigenvalue weighted by molar-refractivity contribution is 6.18. The topological polar surface area (TPSA) is 49.9 Å². The number of carbonyl (C=O) groups excluding carboxylic acids is 2. The van der Waals surface area contributed by atoms with Crippen molar-refractivity contribution in [3.05, 3.63) is 24.3 Å². The minimum absolute atomic E-state index is 0.0804. The van der Waals surface area contributed by atoms with Crippen molar-refractivity contribution < 1.29 is 14.3 Å². The smallest absolute Gasteiger partial charge is 0.414 e. The van der Waals surface area contributed by atoms with Gasteiger partial charge in [0.15, 0.2) is 0 Å². The summed E-state index contributed by atoms with van der Waals surface area (Å²) in [6, 6.07) is 7.41. The molecule has 0 aliphatic carbocycles. The van der Waals surface area contributed by atoms with E-state index in [4.69, 9.17) is 16.3 Å². The number of ether oxygens (including phenoxy) is 1. The third-order valence-electron chi connectivity index (χ3n) is 3.64. The van der Waals surface area contributed by atoms with Crippen LogP contribution >= 0.6 is 11.6 Å². The number of cyclic esters (lactones) is 1. The molecule has 0 spiro atoms. The fraction of sp³-hybridized carbons (Fsp3) is 0.429. The molecule has 2 heterocycles. The number of nitrogens with zero attached hydrogens (tertiary/aromatic N) is 2. The van der Waals surface area contributed by atoms with Gasteiger partial charge in [0, 0.05) is 30.2 Å². The summed E-state index contributed by atoms with van der Waals surface area (Å²) in [5, 5.41) is 0. The van der Waals surface area contributed by atoms with E-state index in [0.717, 1.165) is 11.4 Å². The Morgan fingerprint density at radius 3 is 2.60 bits per heavy atom. The van der Waals surface area contributed by atoms with Gasteiger partial charge in [-0.05, 0) is 24.1 Å². The molecule has 2 saturated heterocycles. The van der Waals surface area contributed by atoms with Crippen LogP contribution in [0, 0.1) is 5.92 Å². The first-order valence-electron chi connectivity index (χ1n) is 6.59. The lowest BCUT2D eigenvalue weighted by molar-refractivity contribution is -0.117. The summed E-state index contributed by atoms with van der Waals surface area (Å²) in [5.74, 6) is 0.766. The minimum atomic E-state index is -0.339. The number of benzene rings is 1. The fourth-order valence-corrected chi connectivity index (χ4v) is 2.80. The Labute approximate surface area is 122 Å². The highest BCUT2D eigenvalue weighted by Gasteiger charge is 2.31. The molecular formula is C14H15ClN2O3. The summed E-state index contributed by atoms with van der Waals surface area (Å²) < 4.78 is 4.93. The van der Waals surface area contributed by atoms with Crippen molar-refractivity contribution in [1.82, 2.24) is 0 Å². The quantitative estimate of drug-likeness (QED) is 0.803. The Balaban J connectivity index is 1.84. The van der Waals surface area contributed by atoms with Crippen molar-refractivity contribution in [2.45, 2.75) is 6.42 Å². The molecule has 5 nitrogen and oxygen atoms in total. The number of amides is 2. The molecule has 1 aromatic carbocycles. The van der Waals surface area contributed by atoms with Gasteiger partial charge in [0.05, 0.1) is 6.54 Å². The van der Waals surface area contributed by atoms with E-state index in [1.807, 2.05) is 24.3 Å². The Bertz CT molecular complexity index is 549. The zero-order valence-corrected chi connectivity index (χ0v) is 11.7. The molecule has 1 unspecified atom stereocenters. The monoisotopic (exact) mass is 294 g/mol. The Morgan fingerprint density at radius 2 is 2.00 bits per heavy atom. The summed E-state index contributed by atoms with van der Waals surface area (Å²) in [6.45, 7) is 1.58. The van der Waals surface area contributed by atoms with Crippen molar-refractivity contribution in [3.63, 3.8) is 0 Å². The van der Waals surface area contributed by atoms with E-state index in [1.165, 1.54) is 0 Å². The number of anilines is 2. The molecule has 2 aliphatic heterocycles. The van der Waals surface area contributed by atoms with Crippen LogP contribution in [0.3, 0.4) is 0 Å². The lowest BCUT2D eigenvalue weighted by atomic mass is 10.1. The second-order valence-corrected chi connectivity index (χ2v) is 5.32. The number of carbonyl (C=O) groups is 2. The molecule has 20 heavy (non-hydrogen) atoms. The van der Waals surface area contributed by atoms with Crippen molar-refractivity contribution in [3.8, 4) is 0 Å². The van der Waals surface area contributed by atoms with Crippen LogP contribution < -0.4 is 9.80 Å². The Morgan fingerprint density at radius 1 is 1.25 bits per heavy atom. The average molecular weight is 295 g/mol. The maximum absolute atomic E-state index is 12.0. The molecule has 0 saturated carbocycles. The number of halogens is 1. The molecule has 1 atom stereocenters. The van der Waals surface area contributed by atoms with Crippen LogP contribution in [0.1, 0.15) is 6.42 Å². The van der Waals surface area contributed by atoms with Crippen molar-refractivity contribution in [1.29, 1.82) is 0 Å². The van der Waals surface area contributed by atoms with E-state index in [2.05, 4.69) is 0 Å². The van der Waals surface area contributed by atoms with E-state index in [1.54, 1.807) is 9.80 Å². The van der Waals surface area contributed by atoms with Gasteiger partial charge in [0.1, 0.15) is 6.61 Å². The molecule has 106 valence electrons. The summed E-state index contributed by atoms with van der Waals surface area (Å²) in [4.78, 5) is 26.9. The second kappa shape index (κ2) is 5.32. The molecule has 1 aromatic rings. The lowest BCUT2D eigenvalue weighted by Gasteiger charge is -2.19. The average Bonchev–Trinajstić information content (AvgIpc) is 3.05. The molecule has 0 N–H and O–H groups in total. The third kappa shape index (κ3) is 2.33. The number of alkyl halides is 1. The first kappa shape index (κ1) is 13.2. The predicted octanol–water partition coefficient (Wildman–Crippen LogP) is 2.23. The van der Waals surface area contributed by atoms with Gasteiger partial charge in [-0.25, -0.2) is 4.79 Å². The largest absolute Gasteiger partial charge is 0.447 e. The molecule has 6 heteroatoms. The Hall–Kier alpha value is -1.75. The highest BCUT2D eigenvalue weighted by atomic mass is 35.5. The molecule has 2 amide bonds. The van der Waals surface area contributed by atoms with Crippen LogP contribution in [0.2, 0.25) is 0 Å². The number of hydrogen-bond acceptors (Lipinski definition) is 3. The lowest BCUT2D eigenvalue weighted by Crippen LogP contribution is -2.26. The van der Waals surface area contributed by atoms with Crippen LogP contribution in [-0.4, -0.2) is 37.6 Å². The zero-order chi connectivity index (χ0) is 14.1. The first-order valence-corrected chi connectivity index (χ1v) is 7.13. The van der Waals surface area contributed by atoms with Crippen LogP contribution in [0.5, 0.6) is 0 Å². The molecular weight excluding hydrogens is 280 g/mol. The minimum Gasteiger partial charge on any atom is -0.447 e. The van der Waals surface area contributed by atoms with Crippen molar-refractivity contribution in [2.75, 3.05) is 35.4 Å². The molecule has 2 aliphatic rings. The summed E-state index contributed by atoms with van der Waals surface area (Å²) in [5.41, 5.74) is 1.56. The van der Waals surface area contributed by atoms with E-state index in [-0.39, 0.29) is 17.9 Å². The zero-order valence-electron chi connectivity index (χ0n) is 10.9. The molecule has 0 radical (unpaired) electrons. The maximum atomic E-state index is 12.0. The predicted molar refractivity (Wildman–Crippen MR) is 76.3 cm³/mol. The SMILES string of the molecule is O=C1CC(CCl)CN1c1cccc(N2CCOC2=O)c1. The van der Waals surface area contributed by atoms with Gasteiger partial charge in [-0.1, -0.05) is 6.07 Å². The first-order chi connectivity index (χ1) is 9.69. The number of rotatable bonds is 3. The van der Waals surface area contributed by atoms with E-state index >= 15 is 0 Å². The van der Waals surface area contributed by atoms with Gasteiger partial charge >= 0.3 is 6.09 Å².